The topological polar surface area (TPSA) is 80.3 Å². The van der Waals surface area contributed by atoms with E-state index in [1.54, 1.807) is 23.7 Å². The lowest BCUT2D eigenvalue weighted by Gasteiger charge is -2.14. The van der Waals surface area contributed by atoms with Gasteiger partial charge in [0, 0.05) is 0 Å². The summed E-state index contributed by atoms with van der Waals surface area (Å²) in [6.45, 7) is 3.40. The molecule has 1 aromatic carbocycles. The highest BCUT2D eigenvalue weighted by molar-refractivity contribution is 5.96. The molecular formula is C18H19N3O3. The number of aromatic nitrogens is 2. The molecule has 0 saturated carbocycles. The zero-order valence-corrected chi connectivity index (χ0v) is 13.6. The summed E-state index contributed by atoms with van der Waals surface area (Å²) in [6, 6.07) is 12.5. The maximum atomic E-state index is 12.7. The number of nitrogens with one attached hydrogen (secondary N) is 1. The highest BCUT2D eigenvalue weighted by atomic mass is 16.3. The van der Waals surface area contributed by atoms with Crippen molar-refractivity contribution in [1.82, 2.24) is 15.1 Å². The van der Waals surface area contributed by atoms with Crippen LogP contribution < -0.4 is 5.32 Å². The zero-order valence-electron chi connectivity index (χ0n) is 13.6. The van der Waals surface area contributed by atoms with Crippen LogP contribution >= 0.6 is 0 Å². The van der Waals surface area contributed by atoms with Gasteiger partial charge in [-0.2, -0.15) is 5.10 Å². The summed E-state index contributed by atoms with van der Waals surface area (Å²) < 4.78 is 7.00. The molecule has 2 N–H and O–H groups in total. The number of hydrogen-bond acceptors (Lipinski definition) is 4. The summed E-state index contributed by atoms with van der Waals surface area (Å²) >= 11 is 0. The van der Waals surface area contributed by atoms with E-state index in [1.165, 1.54) is 6.26 Å². The van der Waals surface area contributed by atoms with Crippen LogP contribution in [0.5, 0.6) is 0 Å². The maximum absolute atomic E-state index is 12.7. The maximum Gasteiger partial charge on any atom is 0.255 e. The van der Waals surface area contributed by atoms with E-state index < -0.39 is 6.04 Å². The molecule has 6 heteroatoms. The first-order chi connectivity index (χ1) is 11.6. The fourth-order valence-corrected chi connectivity index (χ4v) is 2.72. The second-order valence-electron chi connectivity index (χ2n) is 5.52. The Morgan fingerprint density at radius 1 is 1.25 bits per heavy atom. The standard InChI is InChI=1S/C18H19N3O3/c1-12-17(13(2)21(20-12)14-7-4-3-5-8-14)18(23)19-15(11-22)16-9-6-10-24-16/h3-10,15,22H,11H2,1-2H3,(H,19,23). The molecule has 124 valence electrons. The van der Waals surface area contributed by atoms with Crippen LogP contribution in [0.15, 0.2) is 53.1 Å². The lowest BCUT2D eigenvalue weighted by atomic mass is 10.1. The lowest BCUT2D eigenvalue weighted by Crippen LogP contribution is -2.31. The minimum absolute atomic E-state index is 0.246. The van der Waals surface area contributed by atoms with Crippen LogP contribution in [-0.2, 0) is 0 Å². The Balaban J connectivity index is 1.89. The minimum Gasteiger partial charge on any atom is -0.467 e. The number of aliphatic hydroxyl groups is 1. The van der Waals surface area contributed by atoms with Crippen molar-refractivity contribution in [2.24, 2.45) is 0 Å². The van der Waals surface area contributed by atoms with Crippen molar-refractivity contribution in [3.05, 3.63) is 71.4 Å². The van der Waals surface area contributed by atoms with E-state index in [0.29, 0.717) is 17.0 Å². The largest absolute Gasteiger partial charge is 0.467 e. The van der Waals surface area contributed by atoms with E-state index in [2.05, 4.69) is 10.4 Å². The predicted octanol–water partition coefficient (Wildman–Crippen LogP) is 2.55. The molecule has 0 radical (unpaired) electrons. The highest BCUT2D eigenvalue weighted by Gasteiger charge is 2.23. The van der Waals surface area contributed by atoms with Crippen molar-refractivity contribution < 1.29 is 14.3 Å². The van der Waals surface area contributed by atoms with Gasteiger partial charge in [0.05, 0.1) is 35.5 Å². The molecule has 2 heterocycles. The third-order valence-corrected chi connectivity index (χ3v) is 3.89. The van der Waals surface area contributed by atoms with Crippen LogP contribution in [0, 0.1) is 13.8 Å². The van der Waals surface area contributed by atoms with Crippen LogP contribution in [0.2, 0.25) is 0 Å². The van der Waals surface area contributed by atoms with Gasteiger partial charge in [-0.25, -0.2) is 4.68 Å². The summed E-state index contributed by atoms with van der Waals surface area (Å²) in [5.41, 5.74) is 2.77. The summed E-state index contributed by atoms with van der Waals surface area (Å²) in [4.78, 5) is 12.7. The number of nitrogens with zero attached hydrogens (tertiary/aromatic N) is 2. The molecule has 1 amide bonds. The lowest BCUT2D eigenvalue weighted by molar-refractivity contribution is 0.0906. The van der Waals surface area contributed by atoms with E-state index in [1.807, 2.05) is 37.3 Å². The first-order valence-corrected chi connectivity index (χ1v) is 7.68. The Hall–Kier alpha value is -2.86. The van der Waals surface area contributed by atoms with Crippen molar-refractivity contribution in [1.29, 1.82) is 0 Å². The third kappa shape index (κ3) is 2.96. The highest BCUT2D eigenvalue weighted by Crippen LogP contribution is 2.20. The average molecular weight is 325 g/mol. The number of aryl methyl sites for hydroxylation is 1. The number of benzene rings is 1. The second-order valence-corrected chi connectivity index (χ2v) is 5.52. The van der Waals surface area contributed by atoms with Crippen molar-refractivity contribution in [3.8, 4) is 5.69 Å². The van der Waals surface area contributed by atoms with Gasteiger partial charge in [-0.05, 0) is 38.1 Å². The van der Waals surface area contributed by atoms with Crippen LogP contribution in [0.3, 0.4) is 0 Å². The fourth-order valence-electron chi connectivity index (χ4n) is 2.72. The molecule has 6 nitrogen and oxygen atoms in total. The molecule has 0 bridgehead atoms. The van der Waals surface area contributed by atoms with Gasteiger partial charge in [0.1, 0.15) is 11.8 Å². The summed E-state index contributed by atoms with van der Waals surface area (Å²) in [5.74, 6) is 0.222. The van der Waals surface area contributed by atoms with Crippen molar-refractivity contribution >= 4 is 5.91 Å². The van der Waals surface area contributed by atoms with Crippen molar-refractivity contribution in [3.63, 3.8) is 0 Å². The average Bonchev–Trinajstić information content (AvgIpc) is 3.21. The molecule has 3 aromatic rings. The Kier molecular flexibility index (Phi) is 4.48. The molecule has 0 saturated heterocycles. The summed E-state index contributed by atoms with van der Waals surface area (Å²) in [7, 11) is 0. The molecule has 1 atom stereocenters. The van der Waals surface area contributed by atoms with Gasteiger partial charge in [0.15, 0.2) is 0 Å². The van der Waals surface area contributed by atoms with Gasteiger partial charge < -0.3 is 14.8 Å². The Morgan fingerprint density at radius 2 is 2.00 bits per heavy atom. The van der Waals surface area contributed by atoms with Crippen LogP contribution in [0.1, 0.15) is 33.5 Å². The molecule has 3 rings (SSSR count). The van der Waals surface area contributed by atoms with Gasteiger partial charge in [-0.15, -0.1) is 0 Å². The van der Waals surface area contributed by atoms with E-state index >= 15 is 0 Å². The number of para-hydroxylation sites is 1. The number of rotatable bonds is 5. The van der Waals surface area contributed by atoms with Crippen LogP contribution in [0.4, 0.5) is 0 Å². The number of carbonyl (C=O) groups is 1. The Morgan fingerprint density at radius 3 is 2.62 bits per heavy atom. The number of hydrogen-bond donors (Lipinski definition) is 2. The normalized spacial score (nSPS) is 12.1. The van der Waals surface area contributed by atoms with Gasteiger partial charge >= 0.3 is 0 Å². The second kappa shape index (κ2) is 6.72. The quantitative estimate of drug-likeness (QED) is 0.755. The summed E-state index contributed by atoms with van der Waals surface area (Å²) in [5, 5.41) is 16.8. The Bertz CT molecular complexity index is 823. The number of carbonyl (C=O) groups excluding carboxylic acids is 1. The molecule has 0 aliphatic heterocycles. The zero-order chi connectivity index (χ0) is 17.1. The first-order valence-electron chi connectivity index (χ1n) is 7.68. The molecule has 0 aliphatic rings. The minimum atomic E-state index is -0.591. The van der Waals surface area contributed by atoms with Crippen LogP contribution in [-0.4, -0.2) is 27.4 Å². The molecule has 0 aliphatic carbocycles. The number of amides is 1. The Labute approximate surface area is 139 Å². The van der Waals surface area contributed by atoms with Gasteiger partial charge in [0.25, 0.3) is 5.91 Å². The molecule has 2 aromatic heterocycles. The monoisotopic (exact) mass is 325 g/mol. The smallest absolute Gasteiger partial charge is 0.255 e. The van der Waals surface area contributed by atoms with E-state index in [4.69, 9.17) is 4.42 Å². The van der Waals surface area contributed by atoms with Crippen molar-refractivity contribution in [2.45, 2.75) is 19.9 Å². The van der Waals surface area contributed by atoms with Crippen LogP contribution in [0.25, 0.3) is 5.69 Å². The SMILES string of the molecule is Cc1nn(-c2ccccc2)c(C)c1C(=O)NC(CO)c1ccco1. The number of furan rings is 1. The van der Waals surface area contributed by atoms with Gasteiger partial charge in [-0.3, -0.25) is 4.79 Å². The van der Waals surface area contributed by atoms with E-state index in [-0.39, 0.29) is 12.5 Å². The van der Waals surface area contributed by atoms with Gasteiger partial charge in [-0.1, -0.05) is 18.2 Å². The molecule has 24 heavy (non-hydrogen) atoms. The molecular weight excluding hydrogens is 306 g/mol. The third-order valence-electron chi connectivity index (χ3n) is 3.89. The summed E-state index contributed by atoms with van der Waals surface area (Å²) in [6.07, 6.45) is 1.51. The van der Waals surface area contributed by atoms with Crippen molar-refractivity contribution in [2.75, 3.05) is 6.61 Å². The fraction of sp³-hybridized carbons (Fsp3) is 0.222. The molecule has 0 fully saturated rings. The van der Waals surface area contributed by atoms with Gasteiger partial charge in [0.2, 0.25) is 0 Å². The number of aliphatic hydroxyl groups excluding tert-OH is 1. The molecule has 1 unspecified atom stereocenters. The molecule has 0 spiro atoms. The predicted molar refractivity (Wildman–Crippen MR) is 89.0 cm³/mol. The first kappa shape index (κ1) is 16.0. The van der Waals surface area contributed by atoms with E-state index in [9.17, 15) is 9.90 Å². The van der Waals surface area contributed by atoms with E-state index in [0.717, 1.165) is 11.4 Å².